The zero-order chi connectivity index (χ0) is 32.8. The molecule has 48 heavy (non-hydrogen) atoms. The highest BCUT2D eigenvalue weighted by molar-refractivity contribution is 6.13. The maximum atomic E-state index is 14.0. The highest BCUT2D eigenvalue weighted by atomic mass is 19.2. The number of aromatic nitrogens is 3. The number of hydrogen-bond donors (Lipinski definition) is 2. The second kappa shape index (κ2) is 11.9. The number of fused-ring (bicyclic) bond motifs is 4. The summed E-state index contributed by atoms with van der Waals surface area (Å²) in [6.45, 7) is 0.519. The van der Waals surface area contributed by atoms with Crippen LogP contribution in [0.4, 0.5) is 30.2 Å². The van der Waals surface area contributed by atoms with Gasteiger partial charge in [-0.05, 0) is 64.5 Å². The Morgan fingerprint density at radius 2 is 1.58 bits per heavy atom. The molecule has 0 spiro atoms. The summed E-state index contributed by atoms with van der Waals surface area (Å²) in [7, 11) is 0. The molecule has 1 amide bonds. The lowest BCUT2D eigenvalue weighted by Crippen LogP contribution is -2.11. The van der Waals surface area contributed by atoms with Crippen LogP contribution in [0.3, 0.4) is 0 Å². The molecule has 0 bridgehead atoms. The van der Waals surface area contributed by atoms with Gasteiger partial charge in [-0.1, -0.05) is 36.4 Å². The molecule has 236 valence electrons. The van der Waals surface area contributed by atoms with Gasteiger partial charge in [-0.15, -0.1) is 0 Å². The number of anilines is 3. The molecule has 4 heterocycles. The Morgan fingerprint density at radius 3 is 2.44 bits per heavy atom. The van der Waals surface area contributed by atoms with Gasteiger partial charge in [0.1, 0.15) is 0 Å². The molecule has 8 rings (SSSR count). The van der Waals surface area contributed by atoms with Crippen molar-refractivity contribution in [2.45, 2.75) is 13.0 Å². The average molecular weight is 642 g/mol. The number of rotatable bonds is 7. The van der Waals surface area contributed by atoms with E-state index in [0.717, 1.165) is 56.2 Å². The Hall–Kier alpha value is -6.16. The van der Waals surface area contributed by atoms with Gasteiger partial charge >= 0.3 is 0 Å². The predicted octanol–water partition coefficient (Wildman–Crippen LogP) is 8.65. The third kappa shape index (κ3) is 5.47. The number of hydrogen-bond acceptors (Lipinski definition) is 5. The maximum absolute atomic E-state index is 14.0. The van der Waals surface area contributed by atoms with Crippen molar-refractivity contribution in [2.75, 3.05) is 17.2 Å². The van der Waals surface area contributed by atoms with Crippen LogP contribution >= 0.6 is 0 Å². The van der Waals surface area contributed by atoms with Gasteiger partial charge < -0.3 is 19.9 Å². The number of nitrogens with zero attached hydrogens (tertiary/aromatic N) is 3. The molecule has 1 aliphatic rings. The van der Waals surface area contributed by atoms with Crippen LogP contribution in [0.15, 0.2) is 110 Å². The van der Waals surface area contributed by atoms with Gasteiger partial charge in [0.2, 0.25) is 5.88 Å². The van der Waals surface area contributed by atoms with Gasteiger partial charge in [-0.2, -0.15) is 0 Å². The van der Waals surface area contributed by atoms with E-state index in [1.807, 2.05) is 77.5 Å². The minimum absolute atomic E-state index is 0.0986. The van der Waals surface area contributed by atoms with Gasteiger partial charge in [0.15, 0.2) is 17.5 Å². The fourth-order valence-electron chi connectivity index (χ4n) is 6.12. The maximum Gasteiger partial charge on any atom is 0.257 e. The van der Waals surface area contributed by atoms with Crippen molar-refractivity contribution in [1.82, 2.24) is 14.5 Å². The van der Waals surface area contributed by atoms with Crippen molar-refractivity contribution >= 4 is 44.6 Å². The van der Waals surface area contributed by atoms with Crippen LogP contribution < -0.4 is 15.4 Å². The van der Waals surface area contributed by atoms with Crippen LogP contribution in [0.2, 0.25) is 0 Å². The summed E-state index contributed by atoms with van der Waals surface area (Å²) in [5.41, 5.74) is 6.15. The van der Waals surface area contributed by atoms with Gasteiger partial charge in [-0.3, -0.25) is 9.78 Å². The van der Waals surface area contributed by atoms with Gasteiger partial charge in [0.25, 0.3) is 5.91 Å². The molecule has 0 radical (unpaired) electrons. The highest BCUT2D eigenvalue weighted by Crippen LogP contribution is 2.38. The number of carbonyl (C=O) groups excluding carboxylic acids is 1. The second-order valence-electron chi connectivity index (χ2n) is 11.6. The Kier molecular flexibility index (Phi) is 7.25. The molecule has 7 nitrogen and oxygen atoms in total. The lowest BCUT2D eigenvalue weighted by atomic mass is 10.0. The SMILES string of the molecule is O=C1Nc2cc(CCOc3cc4ccccc4cn3)ccc2Nc2cc(-c3cn(Cc4cc(F)c(F)c(F)c4)c4cnccc34)ccc21. The van der Waals surface area contributed by atoms with E-state index in [4.69, 9.17) is 4.74 Å². The van der Waals surface area contributed by atoms with E-state index in [2.05, 4.69) is 20.6 Å². The van der Waals surface area contributed by atoms with E-state index in [1.54, 1.807) is 24.7 Å². The summed E-state index contributed by atoms with van der Waals surface area (Å²) in [6, 6.07) is 25.1. The molecular formula is C38H26F3N5O2. The molecule has 3 aromatic heterocycles. The lowest BCUT2D eigenvalue weighted by Gasteiger charge is -2.12. The fraction of sp³-hybridized carbons (Fsp3) is 0.0789. The van der Waals surface area contributed by atoms with Crippen molar-refractivity contribution in [3.05, 3.63) is 144 Å². The molecule has 10 heteroatoms. The second-order valence-corrected chi connectivity index (χ2v) is 11.6. The first-order chi connectivity index (χ1) is 23.4. The van der Waals surface area contributed by atoms with E-state index in [9.17, 15) is 18.0 Å². The van der Waals surface area contributed by atoms with Crippen molar-refractivity contribution in [1.29, 1.82) is 0 Å². The summed E-state index contributed by atoms with van der Waals surface area (Å²) in [4.78, 5) is 22.0. The summed E-state index contributed by atoms with van der Waals surface area (Å²) in [5.74, 6) is -3.67. The first-order valence-electron chi connectivity index (χ1n) is 15.3. The van der Waals surface area contributed by atoms with Crippen LogP contribution in [0, 0.1) is 17.5 Å². The number of ether oxygens (including phenoxy) is 1. The minimum atomic E-state index is -1.50. The van der Waals surface area contributed by atoms with Gasteiger partial charge in [0.05, 0.1) is 40.9 Å². The monoisotopic (exact) mass is 641 g/mol. The van der Waals surface area contributed by atoms with E-state index < -0.39 is 17.5 Å². The standard InChI is InChI=1S/C38H26F3N5O2/c39-30-13-23(14-31(40)37(30)41)20-46-21-29(27-9-11-42-19-35(27)46)25-6-7-28-33(16-25)44-32-8-5-22(15-34(32)45-38(28)47)10-12-48-36-17-24-3-1-2-4-26(24)18-43-36/h1-9,11,13-19,21,44H,10,12,20H2,(H,45,47). The van der Waals surface area contributed by atoms with Crippen LogP contribution in [0.25, 0.3) is 32.8 Å². The van der Waals surface area contributed by atoms with E-state index in [1.165, 1.54) is 0 Å². The summed E-state index contributed by atoms with van der Waals surface area (Å²) >= 11 is 0. The smallest absolute Gasteiger partial charge is 0.257 e. The molecule has 0 saturated carbocycles. The first-order valence-corrected chi connectivity index (χ1v) is 15.3. The summed E-state index contributed by atoms with van der Waals surface area (Å²) < 4.78 is 49.2. The van der Waals surface area contributed by atoms with E-state index in [0.29, 0.717) is 35.8 Å². The Morgan fingerprint density at radius 1 is 0.750 bits per heavy atom. The summed E-state index contributed by atoms with van der Waals surface area (Å²) in [6.07, 6.45) is 7.61. The number of benzene rings is 4. The normalized spacial score (nSPS) is 12.3. The lowest BCUT2D eigenvalue weighted by molar-refractivity contribution is 0.102. The van der Waals surface area contributed by atoms with Crippen LogP contribution in [-0.2, 0) is 13.0 Å². The molecule has 0 saturated heterocycles. The Balaban J connectivity index is 1.04. The minimum Gasteiger partial charge on any atom is -0.477 e. The van der Waals surface area contributed by atoms with Crippen molar-refractivity contribution < 1.29 is 22.7 Å². The number of amides is 1. The van der Waals surface area contributed by atoms with Gasteiger partial charge in [-0.25, -0.2) is 18.2 Å². The highest BCUT2D eigenvalue weighted by Gasteiger charge is 2.21. The Labute approximate surface area is 272 Å². The molecule has 0 unspecified atom stereocenters. The van der Waals surface area contributed by atoms with Crippen LogP contribution in [-0.4, -0.2) is 27.0 Å². The summed E-state index contributed by atoms with van der Waals surface area (Å²) in [5, 5.41) is 9.41. The number of carbonyl (C=O) groups is 1. The largest absolute Gasteiger partial charge is 0.477 e. The predicted molar refractivity (Wildman–Crippen MR) is 179 cm³/mol. The third-order valence-electron chi connectivity index (χ3n) is 8.50. The molecule has 0 aliphatic carbocycles. The Bertz CT molecular complexity index is 2370. The molecule has 0 fully saturated rings. The topological polar surface area (TPSA) is 81.1 Å². The van der Waals surface area contributed by atoms with E-state index >= 15 is 0 Å². The van der Waals surface area contributed by atoms with Crippen molar-refractivity contribution in [2.24, 2.45) is 0 Å². The fourth-order valence-corrected chi connectivity index (χ4v) is 6.12. The molecule has 0 atom stereocenters. The molecule has 4 aromatic carbocycles. The van der Waals surface area contributed by atoms with E-state index in [-0.39, 0.29) is 18.0 Å². The quantitative estimate of drug-likeness (QED) is 0.170. The van der Waals surface area contributed by atoms with Gasteiger partial charge in [0, 0.05) is 54.0 Å². The van der Waals surface area contributed by atoms with Crippen LogP contribution in [0.1, 0.15) is 21.5 Å². The zero-order valence-corrected chi connectivity index (χ0v) is 25.3. The van der Waals surface area contributed by atoms with Crippen LogP contribution in [0.5, 0.6) is 5.88 Å². The molecular weight excluding hydrogens is 615 g/mol. The molecule has 2 N–H and O–H groups in total. The number of halogens is 3. The number of nitrogens with one attached hydrogen (secondary N) is 2. The third-order valence-corrected chi connectivity index (χ3v) is 8.50. The molecule has 1 aliphatic heterocycles. The zero-order valence-electron chi connectivity index (χ0n) is 25.3. The average Bonchev–Trinajstić information content (AvgIpc) is 3.39. The van der Waals surface area contributed by atoms with Crippen molar-refractivity contribution in [3.8, 4) is 17.0 Å². The number of pyridine rings is 2. The van der Waals surface area contributed by atoms with Crippen molar-refractivity contribution in [3.63, 3.8) is 0 Å². The molecule has 7 aromatic rings. The first kappa shape index (κ1) is 29.3.